The van der Waals surface area contributed by atoms with Gasteiger partial charge in [0.05, 0.1) is 0 Å². The molecule has 0 aliphatic heterocycles. The zero-order chi connectivity index (χ0) is 30.2. The third-order valence-corrected chi connectivity index (χ3v) is 8.95. The van der Waals surface area contributed by atoms with Crippen LogP contribution in [0, 0.1) is 0 Å². The van der Waals surface area contributed by atoms with E-state index in [1.807, 2.05) is 30.3 Å². The Labute approximate surface area is 262 Å². The molecule has 0 aliphatic rings. The number of para-hydroxylation sites is 1. The van der Waals surface area contributed by atoms with Crippen LogP contribution < -0.4 is 0 Å². The van der Waals surface area contributed by atoms with Crippen molar-refractivity contribution in [3.05, 3.63) is 140 Å². The summed E-state index contributed by atoms with van der Waals surface area (Å²) in [6.45, 7) is 0. The van der Waals surface area contributed by atoms with Gasteiger partial charge in [0.2, 0.25) is 0 Å². The number of benzene rings is 7. The van der Waals surface area contributed by atoms with Gasteiger partial charge < -0.3 is 8.83 Å². The predicted molar refractivity (Wildman–Crippen MR) is 186 cm³/mol. The molecular formula is C41H23N3O2. The molecule has 0 N–H and O–H groups in total. The first-order valence-electron chi connectivity index (χ1n) is 15.3. The van der Waals surface area contributed by atoms with Crippen molar-refractivity contribution >= 4 is 65.4 Å². The third kappa shape index (κ3) is 3.66. The summed E-state index contributed by atoms with van der Waals surface area (Å²) in [4.78, 5) is 15.5. The zero-order valence-electron chi connectivity index (χ0n) is 24.4. The number of hydrogen-bond acceptors (Lipinski definition) is 5. The molecule has 0 saturated carbocycles. The number of furan rings is 2. The first kappa shape index (κ1) is 25.0. The number of nitrogens with zero attached hydrogens (tertiary/aromatic N) is 3. The molecule has 3 heterocycles. The number of aromatic nitrogens is 3. The van der Waals surface area contributed by atoms with Crippen LogP contribution >= 0.6 is 0 Å². The summed E-state index contributed by atoms with van der Waals surface area (Å²) < 4.78 is 12.9. The van der Waals surface area contributed by atoms with E-state index in [-0.39, 0.29) is 0 Å². The van der Waals surface area contributed by atoms with Gasteiger partial charge in [-0.1, -0.05) is 115 Å². The molecule has 0 radical (unpaired) electrons. The molecule has 0 bridgehead atoms. The topological polar surface area (TPSA) is 65.0 Å². The summed E-state index contributed by atoms with van der Waals surface area (Å²) in [5.74, 6) is 1.82. The summed E-state index contributed by atoms with van der Waals surface area (Å²) in [6, 6.07) is 47.6. The van der Waals surface area contributed by atoms with Crippen molar-refractivity contribution in [2.75, 3.05) is 0 Å². The van der Waals surface area contributed by atoms with Crippen LogP contribution in [0.25, 0.3) is 99.6 Å². The SMILES string of the molecule is c1ccc2c(-c3nc(-c4cccc5ccccc45)nc(-c4cccc5oc6c(ccc7c8ccccc8oc76)c45)n3)cccc2c1. The third-order valence-electron chi connectivity index (χ3n) is 8.95. The molecule has 10 aromatic rings. The average Bonchev–Trinajstić information content (AvgIpc) is 3.70. The van der Waals surface area contributed by atoms with E-state index in [0.717, 1.165) is 76.5 Å². The maximum Gasteiger partial charge on any atom is 0.178 e. The highest BCUT2D eigenvalue weighted by atomic mass is 16.4. The smallest absolute Gasteiger partial charge is 0.178 e. The van der Waals surface area contributed by atoms with Crippen LogP contribution in [0.2, 0.25) is 0 Å². The lowest BCUT2D eigenvalue weighted by Gasteiger charge is -2.12. The molecule has 0 fully saturated rings. The van der Waals surface area contributed by atoms with Gasteiger partial charge in [-0.2, -0.15) is 0 Å². The first-order valence-corrected chi connectivity index (χ1v) is 15.3. The van der Waals surface area contributed by atoms with Gasteiger partial charge in [0, 0.05) is 38.2 Å². The second-order valence-corrected chi connectivity index (χ2v) is 11.6. The van der Waals surface area contributed by atoms with Crippen LogP contribution in [0.4, 0.5) is 0 Å². The maximum atomic E-state index is 6.54. The highest BCUT2D eigenvalue weighted by molar-refractivity contribution is 6.21. The van der Waals surface area contributed by atoms with Crippen LogP contribution in [0.3, 0.4) is 0 Å². The fourth-order valence-corrected chi connectivity index (χ4v) is 6.83. The van der Waals surface area contributed by atoms with Gasteiger partial charge in [0.15, 0.2) is 28.6 Å². The van der Waals surface area contributed by atoms with Crippen LogP contribution in [0.5, 0.6) is 0 Å². The van der Waals surface area contributed by atoms with Crippen molar-refractivity contribution in [1.29, 1.82) is 0 Å². The number of rotatable bonds is 3. The van der Waals surface area contributed by atoms with E-state index >= 15 is 0 Å². The molecule has 214 valence electrons. The largest absolute Gasteiger partial charge is 0.452 e. The molecule has 5 heteroatoms. The highest BCUT2D eigenvalue weighted by Crippen LogP contribution is 2.42. The minimum absolute atomic E-state index is 0.582. The molecule has 0 unspecified atom stereocenters. The molecule has 7 aromatic carbocycles. The molecule has 3 aromatic heterocycles. The van der Waals surface area contributed by atoms with Gasteiger partial charge in [0.1, 0.15) is 11.2 Å². The van der Waals surface area contributed by atoms with Crippen molar-refractivity contribution in [3.63, 3.8) is 0 Å². The lowest BCUT2D eigenvalue weighted by Crippen LogP contribution is -2.01. The molecule has 46 heavy (non-hydrogen) atoms. The van der Waals surface area contributed by atoms with Crippen LogP contribution in [0.15, 0.2) is 148 Å². The molecule has 5 nitrogen and oxygen atoms in total. The van der Waals surface area contributed by atoms with Crippen molar-refractivity contribution in [2.45, 2.75) is 0 Å². The summed E-state index contributed by atoms with van der Waals surface area (Å²) in [5, 5.41) is 8.43. The van der Waals surface area contributed by atoms with E-state index < -0.39 is 0 Å². The summed E-state index contributed by atoms with van der Waals surface area (Å²) in [7, 11) is 0. The minimum atomic E-state index is 0.582. The van der Waals surface area contributed by atoms with E-state index in [4.69, 9.17) is 23.8 Å². The molecule has 0 atom stereocenters. The second kappa shape index (κ2) is 9.58. The Morgan fingerprint density at radius 2 is 0.783 bits per heavy atom. The molecule has 0 aliphatic carbocycles. The molecule has 0 amide bonds. The van der Waals surface area contributed by atoms with Gasteiger partial charge in [-0.25, -0.2) is 15.0 Å². The second-order valence-electron chi connectivity index (χ2n) is 11.6. The summed E-state index contributed by atoms with van der Waals surface area (Å²) in [5.41, 5.74) is 5.82. The van der Waals surface area contributed by atoms with Crippen LogP contribution in [-0.4, -0.2) is 15.0 Å². The van der Waals surface area contributed by atoms with Gasteiger partial charge in [-0.3, -0.25) is 0 Å². The Morgan fingerprint density at radius 1 is 0.326 bits per heavy atom. The van der Waals surface area contributed by atoms with E-state index in [9.17, 15) is 0 Å². The fourth-order valence-electron chi connectivity index (χ4n) is 6.83. The Kier molecular flexibility index (Phi) is 5.22. The van der Waals surface area contributed by atoms with Crippen LogP contribution in [-0.2, 0) is 0 Å². The van der Waals surface area contributed by atoms with Gasteiger partial charge in [-0.15, -0.1) is 0 Å². The van der Waals surface area contributed by atoms with Crippen LogP contribution in [0.1, 0.15) is 0 Å². The van der Waals surface area contributed by atoms with E-state index in [0.29, 0.717) is 23.1 Å². The van der Waals surface area contributed by atoms with E-state index in [2.05, 4.69) is 109 Å². The average molecular weight is 590 g/mol. The Balaban J connectivity index is 1.28. The van der Waals surface area contributed by atoms with Gasteiger partial charge in [-0.05, 0) is 45.8 Å². The normalized spacial score (nSPS) is 11.9. The Hall–Kier alpha value is -6.33. The van der Waals surface area contributed by atoms with E-state index in [1.165, 1.54) is 0 Å². The maximum absolute atomic E-state index is 6.54. The highest BCUT2D eigenvalue weighted by Gasteiger charge is 2.21. The standard InChI is InChI=1S/C41H23N3O2/c1-3-14-26-24(10-1)12-7-17-30(26)39-42-40(31-18-8-13-25-11-2-4-15-27(25)31)44-41(43-39)33-19-9-21-35-36(33)32-23-22-29-28-16-5-6-20-34(28)45-37(29)38(32)46-35/h1-23H. The predicted octanol–water partition coefficient (Wildman–Crippen LogP) is 11.0. The van der Waals surface area contributed by atoms with Crippen molar-refractivity contribution in [2.24, 2.45) is 0 Å². The van der Waals surface area contributed by atoms with E-state index in [1.54, 1.807) is 0 Å². The number of hydrogen-bond donors (Lipinski definition) is 0. The first-order chi connectivity index (χ1) is 22.8. The summed E-state index contributed by atoms with van der Waals surface area (Å²) >= 11 is 0. The molecular weight excluding hydrogens is 566 g/mol. The molecule has 0 spiro atoms. The molecule has 0 saturated heterocycles. The summed E-state index contributed by atoms with van der Waals surface area (Å²) in [6.07, 6.45) is 0. The fraction of sp³-hybridized carbons (Fsp3) is 0. The lowest BCUT2D eigenvalue weighted by atomic mass is 10.0. The van der Waals surface area contributed by atoms with Crippen molar-refractivity contribution in [3.8, 4) is 34.2 Å². The van der Waals surface area contributed by atoms with Gasteiger partial charge >= 0.3 is 0 Å². The monoisotopic (exact) mass is 589 g/mol. The van der Waals surface area contributed by atoms with Gasteiger partial charge in [0.25, 0.3) is 0 Å². The van der Waals surface area contributed by atoms with Crippen molar-refractivity contribution in [1.82, 2.24) is 15.0 Å². The molecule has 10 rings (SSSR count). The Morgan fingerprint density at radius 3 is 1.48 bits per heavy atom. The van der Waals surface area contributed by atoms with Crippen molar-refractivity contribution < 1.29 is 8.83 Å². The zero-order valence-corrected chi connectivity index (χ0v) is 24.4. The Bertz CT molecular complexity index is 2720. The number of fused-ring (bicyclic) bond motifs is 9. The lowest BCUT2D eigenvalue weighted by molar-refractivity contribution is 0.633. The quantitative estimate of drug-likeness (QED) is 0.205. The minimum Gasteiger partial charge on any atom is -0.452 e.